The largest absolute Gasteiger partial charge is 0.483 e. The highest BCUT2D eigenvalue weighted by atomic mass is 32.1. The zero-order valence-corrected chi connectivity index (χ0v) is 19.8. The first-order chi connectivity index (χ1) is 16.0. The normalized spacial score (nSPS) is 18.5. The topological polar surface area (TPSA) is 79.9 Å². The van der Waals surface area contributed by atoms with Gasteiger partial charge in [-0.15, -0.1) is 0 Å². The third-order valence-corrected chi connectivity index (χ3v) is 6.26. The van der Waals surface area contributed by atoms with Gasteiger partial charge in [0.1, 0.15) is 5.75 Å². The minimum absolute atomic E-state index is 0.0278. The van der Waals surface area contributed by atoms with Gasteiger partial charge in [0.15, 0.2) is 11.7 Å². The number of thiocarbonyl (C=S) groups is 1. The molecule has 2 N–H and O–H groups in total. The number of benzene rings is 2. The van der Waals surface area contributed by atoms with Crippen molar-refractivity contribution in [3.8, 4) is 5.75 Å². The van der Waals surface area contributed by atoms with Crippen LogP contribution < -0.4 is 15.4 Å². The molecular weight excluding hydrogens is 438 g/mol. The van der Waals surface area contributed by atoms with Crippen molar-refractivity contribution in [1.29, 1.82) is 0 Å². The van der Waals surface area contributed by atoms with Crippen molar-refractivity contribution in [2.24, 2.45) is 0 Å². The van der Waals surface area contributed by atoms with Gasteiger partial charge in [-0.1, -0.05) is 30.3 Å². The number of nitrogens with one attached hydrogen (secondary N) is 2. The van der Waals surface area contributed by atoms with E-state index in [2.05, 4.69) is 10.6 Å². The summed E-state index contributed by atoms with van der Waals surface area (Å²) in [5, 5.41) is 8.57. The lowest BCUT2D eigenvalue weighted by Crippen LogP contribution is -2.45. The Hall–Kier alpha value is -3.13. The van der Waals surface area contributed by atoms with Crippen molar-refractivity contribution in [3.05, 3.63) is 53.2 Å². The van der Waals surface area contributed by atoms with Gasteiger partial charge in [-0.3, -0.25) is 4.79 Å². The van der Waals surface area contributed by atoms with Crippen LogP contribution >= 0.6 is 12.2 Å². The fourth-order valence-electron chi connectivity index (χ4n) is 4.46. The van der Waals surface area contributed by atoms with Crippen LogP contribution in [0.1, 0.15) is 44.7 Å². The molecular formula is C25H29N3O4S. The van der Waals surface area contributed by atoms with Gasteiger partial charge < -0.3 is 25.0 Å². The summed E-state index contributed by atoms with van der Waals surface area (Å²) in [5.41, 5.74) is 1.82. The van der Waals surface area contributed by atoms with Crippen LogP contribution in [0.2, 0.25) is 0 Å². The molecule has 0 bridgehead atoms. The molecule has 1 saturated heterocycles. The minimum Gasteiger partial charge on any atom is -0.483 e. The number of piperidine rings is 1. The molecule has 2 aromatic rings. The number of esters is 1. The highest BCUT2D eigenvalue weighted by molar-refractivity contribution is 7.80. The van der Waals surface area contributed by atoms with Crippen molar-refractivity contribution in [3.63, 3.8) is 0 Å². The van der Waals surface area contributed by atoms with Crippen LogP contribution in [0.4, 0.5) is 0 Å². The predicted octanol–water partition coefficient (Wildman–Crippen LogP) is 3.59. The molecule has 1 atom stereocenters. The summed E-state index contributed by atoms with van der Waals surface area (Å²) in [4.78, 5) is 27.5. The molecule has 8 heteroatoms. The molecule has 1 amide bonds. The molecule has 0 aromatic heterocycles. The molecule has 174 valence electrons. The number of carbonyl (C=O) groups excluding carboxylic acids is 2. The average molecular weight is 468 g/mol. The lowest BCUT2D eigenvalue weighted by atomic mass is 9.90. The molecule has 0 unspecified atom stereocenters. The van der Waals surface area contributed by atoms with Gasteiger partial charge in [-0.25, -0.2) is 4.79 Å². The van der Waals surface area contributed by atoms with E-state index >= 15 is 0 Å². The molecule has 0 saturated carbocycles. The number of amides is 1. The smallest absolute Gasteiger partial charge is 0.338 e. The van der Waals surface area contributed by atoms with Gasteiger partial charge in [0.25, 0.3) is 5.91 Å². The maximum atomic E-state index is 12.9. The Labute approximate surface area is 199 Å². The van der Waals surface area contributed by atoms with Gasteiger partial charge in [0.05, 0.1) is 18.2 Å². The van der Waals surface area contributed by atoms with Crippen LogP contribution in [-0.4, -0.2) is 48.2 Å². The monoisotopic (exact) mass is 467 g/mol. The Morgan fingerprint density at radius 3 is 2.64 bits per heavy atom. The van der Waals surface area contributed by atoms with Crippen molar-refractivity contribution in [1.82, 2.24) is 15.5 Å². The van der Waals surface area contributed by atoms with E-state index in [1.165, 1.54) is 0 Å². The third kappa shape index (κ3) is 4.95. The van der Waals surface area contributed by atoms with Gasteiger partial charge in [-0.2, -0.15) is 0 Å². The second kappa shape index (κ2) is 10.2. The number of rotatable bonds is 6. The van der Waals surface area contributed by atoms with Gasteiger partial charge in [-0.05, 0) is 62.2 Å². The fraction of sp³-hybridized carbons (Fsp3) is 0.400. The Balaban J connectivity index is 1.74. The quantitative estimate of drug-likeness (QED) is 0.496. The molecule has 0 aliphatic carbocycles. The van der Waals surface area contributed by atoms with E-state index in [1.54, 1.807) is 13.8 Å². The summed E-state index contributed by atoms with van der Waals surface area (Å²) in [6, 6.07) is 11.1. The summed E-state index contributed by atoms with van der Waals surface area (Å²) in [5.74, 6) is 0.0848. The van der Waals surface area contributed by atoms with Crippen LogP contribution in [0.15, 0.2) is 47.7 Å². The van der Waals surface area contributed by atoms with Crippen LogP contribution in [0.25, 0.3) is 10.8 Å². The lowest BCUT2D eigenvalue weighted by Gasteiger charge is -2.32. The van der Waals surface area contributed by atoms with E-state index in [4.69, 9.17) is 21.7 Å². The zero-order chi connectivity index (χ0) is 23.4. The Morgan fingerprint density at radius 2 is 1.88 bits per heavy atom. The molecule has 7 nitrogen and oxygen atoms in total. The van der Waals surface area contributed by atoms with Crippen molar-refractivity contribution >= 4 is 40.0 Å². The van der Waals surface area contributed by atoms with Gasteiger partial charge in [0, 0.05) is 24.4 Å². The Kier molecular flexibility index (Phi) is 7.13. The van der Waals surface area contributed by atoms with E-state index in [-0.39, 0.29) is 19.1 Å². The Bertz CT molecular complexity index is 1110. The standard InChI is InChI=1S/C25H29N3O4S/c1-3-31-24(30)21-16(2)26-25(33)27-23(21)22-18-10-6-5-9-17(18)11-12-19(22)32-15-20(29)28-13-7-4-8-14-28/h5-6,9-12,23H,3-4,7-8,13-15H2,1-2H3,(H2,26,27,33)/t23-/m1/s1. The molecule has 2 heterocycles. The van der Waals surface area contributed by atoms with E-state index < -0.39 is 12.0 Å². The van der Waals surface area contributed by atoms with Crippen LogP contribution in [0.5, 0.6) is 5.75 Å². The summed E-state index contributed by atoms with van der Waals surface area (Å²) in [6.07, 6.45) is 3.20. The molecule has 4 rings (SSSR count). The number of fused-ring (bicyclic) bond motifs is 1. The third-order valence-electron chi connectivity index (χ3n) is 6.04. The minimum atomic E-state index is -0.580. The molecule has 2 aliphatic rings. The summed E-state index contributed by atoms with van der Waals surface area (Å²) < 4.78 is 11.4. The average Bonchev–Trinajstić information content (AvgIpc) is 2.82. The van der Waals surface area contributed by atoms with Crippen LogP contribution in [0, 0.1) is 0 Å². The van der Waals surface area contributed by atoms with E-state index in [0.29, 0.717) is 22.1 Å². The number of hydrogen-bond acceptors (Lipinski definition) is 5. The Morgan fingerprint density at radius 1 is 1.12 bits per heavy atom. The lowest BCUT2D eigenvalue weighted by molar-refractivity contribution is -0.139. The highest BCUT2D eigenvalue weighted by Crippen LogP contribution is 2.39. The fourth-order valence-corrected chi connectivity index (χ4v) is 4.73. The van der Waals surface area contributed by atoms with Crippen molar-refractivity contribution in [2.45, 2.75) is 39.2 Å². The number of allylic oxidation sites excluding steroid dienone is 1. The number of nitrogens with zero attached hydrogens (tertiary/aromatic N) is 1. The van der Waals surface area contributed by atoms with Crippen LogP contribution in [-0.2, 0) is 14.3 Å². The van der Waals surface area contributed by atoms with Gasteiger partial charge in [0.2, 0.25) is 0 Å². The second-order valence-corrected chi connectivity index (χ2v) is 8.63. The molecule has 2 aromatic carbocycles. The predicted molar refractivity (Wildman–Crippen MR) is 131 cm³/mol. The van der Waals surface area contributed by atoms with Crippen molar-refractivity contribution < 1.29 is 19.1 Å². The summed E-state index contributed by atoms with van der Waals surface area (Å²) in [7, 11) is 0. The maximum Gasteiger partial charge on any atom is 0.338 e. The van der Waals surface area contributed by atoms with Gasteiger partial charge >= 0.3 is 5.97 Å². The second-order valence-electron chi connectivity index (χ2n) is 8.22. The molecule has 33 heavy (non-hydrogen) atoms. The molecule has 0 spiro atoms. The summed E-state index contributed by atoms with van der Waals surface area (Å²) >= 11 is 5.41. The van der Waals surface area contributed by atoms with E-state index in [1.807, 2.05) is 41.3 Å². The maximum absolute atomic E-state index is 12.9. The molecule has 0 radical (unpaired) electrons. The van der Waals surface area contributed by atoms with Crippen LogP contribution in [0.3, 0.4) is 0 Å². The molecule has 2 aliphatic heterocycles. The van der Waals surface area contributed by atoms with E-state index in [9.17, 15) is 9.59 Å². The zero-order valence-electron chi connectivity index (χ0n) is 19.0. The van der Waals surface area contributed by atoms with E-state index in [0.717, 1.165) is 48.7 Å². The number of carbonyl (C=O) groups is 2. The first-order valence-electron chi connectivity index (χ1n) is 11.4. The molecule has 1 fully saturated rings. The first-order valence-corrected chi connectivity index (χ1v) is 11.8. The highest BCUT2D eigenvalue weighted by Gasteiger charge is 2.34. The SMILES string of the molecule is CCOC(=O)C1=C(C)NC(=S)N[C@H]1c1c(OCC(=O)N2CCCCC2)ccc2ccccc12. The number of ether oxygens (including phenoxy) is 2. The number of likely N-dealkylation sites (tertiary alicyclic amines) is 1. The van der Waals surface area contributed by atoms with Crippen molar-refractivity contribution in [2.75, 3.05) is 26.3 Å². The first kappa shape index (κ1) is 23.0. The summed E-state index contributed by atoms with van der Waals surface area (Å²) in [6.45, 7) is 5.32. The number of hydrogen-bond donors (Lipinski definition) is 2.